The number of Topliss-reactive ketones (excluding diaryl/α,β-unsaturated/α-hetero) is 1. The summed E-state index contributed by atoms with van der Waals surface area (Å²) in [6.45, 7) is 2.66. The van der Waals surface area contributed by atoms with Crippen molar-refractivity contribution >= 4 is 29.3 Å². The van der Waals surface area contributed by atoms with Crippen LogP contribution in [-0.2, 0) is 11.2 Å². The van der Waals surface area contributed by atoms with Gasteiger partial charge in [0.05, 0.1) is 14.2 Å². The Bertz CT molecular complexity index is 1170. The molecule has 0 aliphatic carbocycles. The number of ether oxygens (including phenoxy) is 2. The fourth-order valence-corrected chi connectivity index (χ4v) is 5.75. The highest BCUT2D eigenvalue weighted by Gasteiger charge is 2.53. The van der Waals surface area contributed by atoms with Gasteiger partial charge in [0, 0.05) is 31.1 Å². The van der Waals surface area contributed by atoms with E-state index < -0.39 is 5.54 Å². The number of benzene rings is 2. The molecular formula is C29H35ClFN3O5. The van der Waals surface area contributed by atoms with E-state index in [9.17, 15) is 18.8 Å². The maximum Gasteiger partial charge on any atom is 0.325 e. The summed E-state index contributed by atoms with van der Waals surface area (Å²) >= 11 is 6.09. The zero-order valence-corrected chi connectivity index (χ0v) is 23.2. The highest BCUT2D eigenvalue weighted by atomic mass is 35.5. The Hall–Kier alpha value is -3.17. The Balaban J connectivity index is 1.25. The topological polar surface area (TPSA) is 88.2 Å². The molecule has 0 radical (unpaired) electrons. The van der Waals surface area contributed by atoms with E-state index in [1.54, 1.807) is 29.2 Å². The molecular weight excluding hydrogens is 525 g/mol. The van der Waals surface area contributed by atoms with Crippen molar-refractivity contribution in [2.24, 2.45) is 0 Å². The van der Waals surface area contributed by atoms with E-state index >= 15 is 0 Å². The first-order valence-corrected chi connectivity index (χ1v) is 13.7. The van der Waals surface area contributed by atoms with Gasteiger partial charge in [0.15, 0.2) is 5.78 Å². The van der Waals surface area contributed by atoms with Gasteiger partial charge in [-0.05, 0) is 74.9 Å². The highest BCUT2D eigenvalue weighted by molar-refractivity contribution is 6.31. The van der Waals surface area contributed by atoms with Gasteiger partial charge in [-0.1, -0.05) is 23.7 Å². The summed E-state index contributed by atoms with van der Waals surface area (Å²) in [7, 11) is 2.99. The molecule has 0 bridgehead atoms. The molecule has 0 saturated carbocycles. The number of urea groups is 1. The van der Waals surface area contributed by atoms with E-state index in [0.29, 0.717) is 80.2 Å². The van der Waals surface area contributed by atoms with Crippen LogP contribution in [0.5, 0.6) is 11.5 Å². The molecule has 210 valence electrons. The minimum Gasteiger partial charge on any atom is -0.496 e. The molecule has 0 atom stereocenters. The highest BCUT2D eigenvalue weighted by Crippen LogP contribution is 2.35. The van der Waals surface area contributed by atoms with E-state index in [2.05, 4.69) is 10.2 Å². The lowest BCUT2D eigenvalue weighted by molar-refractivity contribution is -0.129. The first kappa shape index (κ1) is 28.8. The molecule has 39 heavy (non-hydrogen) atoms. The number of piperidine rings is 1. The third-order valence-corrected chi connectivity index (χ3v) is 7.94. The minimum absolute atomic E-state index is 0.0598. The normalized spacial score (nSPS) is 17.0. The lowest BCUT2D eigenvalue weighted by Gasteiger charge is -2.42. The quantitative estimate of drug-likeness (QED) is 0.227. The zero-order valence-electron chi connectivity index (χ0n) is 22.4. The summed E-state index contributed by atoms with van der Waals surface area (Å²) in [6.07, 6.45) is 4.40. The van der Waals surface area contributed by atoms with Crippen LogP contribution in [0.1, 0.15) is 54.4 Å². The molecule has 10 heteroatoms. The number of halogens is 2. The van der Waals surface area contributed by atoms with Crippen LogP contribution < -0.4 is 14.8 Å². The Labute approximate surface area is 233 Å². The number of nitrogens with zero attached hydrogens (tertiary/aromatic N) is 2. The van der Waals surface area contributed by atoms with Crippen LogP contribution in [0, 0.1) is 5.82 Å². The van der Waals surface area contributed by atoms with E-state index in [1.807, 2.05) is 0 Å². The van der Waals surface area contributed by atoms with E-state index in [0.717, 1.165) is 18.5 Å². The maximum absolute atomic E-state index is 13.2. The third-order valence-electron chi connectivity index (χ3n) is 7.73. The summed E-state index contributed by atoms with van der Waals surface area (Å²) < 4.78 is 23.9. The van der Waals surface area contributed by atoms with Crippen molar-refractivity contribution in [2.45, 2.75) is 50.5 Å². The Morgan fingerprint density at radius 2 is 1.64 bits per heavy atom. The van der Waals surface area contributed by atoms with Crippen molar-refractivity contribution in [3.8, 4) is 11.5 Å². The summed E-state index contributed by atoms with van der Waals surface area (Å²) in [5.74, 6) is 0.248. The van der Waals surface area contributed by atoms with Crippen LogP contribution in [0.2, 0.25) is 5.02 Å². The average Bonchev–Trinajstić information content (AvgIpc) is 3.15. The Morgan fingerprint density at radius 1 is 1.00 bits per heavy atom. The maximum atomic E-state index is 13.2. The smallest absolute Gasteiger partial charge is 0.325 e. The number of aryl methyl sites for hydroxylation is 1. The molecule has 4 rings (SSSR count). The van der Waals surface area contributed by atoms with Gasteiger partial charge in [0.2, 0.25) is 0 Å². The lowest BCUT2D eigenvalue weighted by Crippen LogP contribution is -2.56. The van der Waals surface area contributed by atoms with Gasteiger partial charge in [-0.15, -0.1) is 0 Å². The van der Waals surface area contributed by atoms with Gasteiger partial charge in [0.1, 0.15) is 28.4 Å². The van der Waals surface area contributed by atoms with Gasteiger partial charge >= 0.3 is 6.03 Å². The van der Waals surface area contributed by atoms with Crippen LogP contribution in [-0.4, -0.2) is 73.5 Å². The number of imide groups is 1. The van der Waals surface area contributed by atoms with Gasteiger partial charge in [0.25, 0.3) is 5.91 Å². The summed E-state index contributed by atoms with van der Waals surface area (Å²) in [5, 5.41) is 2.95. The summed E-state index contributed by atoms with van der Waals surface area (Å²) in [5.41, 5.74) is 0.590. The predicted octanol–water partition coefficient (Wildman–Crippen LogP) is 4.87. The van der Waals surface area contributed by atoms with Crippen LogP contribution in [0.4, 0.5) is 9.18 Å². The number of amides is 3. The van der Waals surface area contributed by atoms with Crippen LogP contribution >= 0.6 is 11.6 Å². The van der Waals surface area contributed by atoms with Crippen LogP contribution in [0.3, 0.4) is 0 Å². The first-order valence-electron chi connectivity index (χ1n) is 13.3. The number of hydrogen-bond donors (Lipinski definition) is 1. The van der Waals surface area contributed by atoms with Gasteiger partial charge in [-0.2, -0.15) is 0 Å². The van der Waals surface area contributed by atoms with Crippen molar-refractivity contribution in [1.82, 2.24) is 15.1 Å². The van der Waals surface area contributed by atoms with Crippen molar-refractivity contribution in [3.63, 3.8) is 0 Å². The number of carbonyl (C=O) groups is 3. The number of hydrogen-bond acceptors (Lipinski definition) is 6. The number of ketones is 1. The average molecular weight is 560 g/mol. The molecule has 1 N–H and O–H groups in total. The number of rotatable bonds is 12. The zero-order chi connectivity index (χ0) is 28.0. The van der Waals surface area contributed by atoms with Crippen molar-refractivity contribution in [1.29, 1.82) is 0 Å². The Morgan fingerprint density at radius 3 is 2.26 bits per heavy atom. The first-order chi connectivity index (χ1) is 18.8. The third kappa shape index (κ3) is 6.53. The van der Waals surface area contributed by atoms with E-state index in [4.69, 9.17) is 21.1 Å². The molecule has 8 nitrogen and oxygen atoms in total. The molecule has 2 aliphatic rings. The van der Waals surface area contributed by atoms with Crippen molar-refractivity contribution in [3.05, 3.63) is 58.4 Å². The molecule has 1 spiro atoms. The van der Waals surface area contributed by atoms with E-state index in [1.165, 1.54) is 26.4 Å². The van der Waals surface area contributed by atoms with E-state index in [-0.39, 0.29) is 23.5 Å². The van der Waals surface area contributed by atoms with Gasteiger partial charge in [-0.25, -0.2) is 9.18 Å². The molecule has 0 aromatic heterocycles. The molecule has 2 aromatic carbocycles. The van der Waals surface area contributed by atoms with Gasteiger partial charge < -0.3 is 19.3 Å². The molecule has 2 saturated heterocycles. The molecule has 2 heterocycles. The minimum atomic E-state index is -0.811. The molecule has 2 fully saturated rings. The second kappa shape index (κ2) is 12.8. The lowest BCUT2D eigenvalue weighted by atomic mass is 9.85. The molecule has 2 aromatic rings. The monoisotopic (exact) mass is 559 g/mol. The predicted molar refractivity (Wildman–Crippen MR) is 146 cm³/mol. The largest absolute Gasteiger partial charge is 0.496 e. The number of nitrogens with one attached hydrogen (secondary N) is 1. The second-order valence-electron chi connectivity index (χ2n) is 10.1. The van der Waals surface area contributed by atoms with Crippen LogP contribution in [0.25, 0.3) is 0 Å². The Kier molecular flexibility index (Phi) is 9.45. The van der Waals surface area contributed by atoms with Crippen molar-refractivity contribution in [2.75, 3.05) is 40.4 Å². The number of methoxy groups -OCH3 is 2. The standard InChI is InChI=1S/C29H35ClFN3O5/c1-38-24-18-21(30)19-25(39-2)26(24)23(35)7-3-4-14-33-16-12-29(13-17-33)27(36)32-28(37)34(29)15-5-6-20-8-10-22(31)11-9-20/h8-11,18-19H,3-7,12-17H2,1-2H3,(H,32,36,37). The molecule has 3 amide bonds. The van der Waals surface area contributed by atoms with Crippen LogP contribution in [0.15, 0.2) is 36.4 Å². The number of unbranched alkanes of at least 4 members (excludes halogenated alkanes) is 1. The summed E-state index contributed by atoms with van der Waals surface area (Å²) in [4.78, 5) is 42.3. The second-order valence-corrected chi connectivity index (χ2v) is 10.5. The summed E-state index contributed by atoms with van der Waals surface area (Å²) in [6, 6.07) is 9.23. The fourth-order valence-electron chi connectivity index (χ4n) is 5.55. The molecule has 0 unspecified atom stereocenters. The molecule has 2 aliphatic heterocycles. The SMILES string of the molecule is COc1cc(Cl)cc(OC)c1C(=O)CCCCN1CCC2(CC1)C(=O)NC(=O)N2CCCc1ccc(F)cc1. The fraction of sp³-hybridized carbons (Fsp3) is 0.483. The van der Waals surface area contributed by atoms with Gasteiger partial charge in [-0.3, -0.25) is 14.9 Å². The number of carbonyl (C=O) groups excluding carboxylic acids is 3. The number of likely N-dealkylation sites (tertiary alicyclic amines) is 1. The van der Waals surface area contributed by atoms with Crippen molar-refractivity contribution < 1.29 is 28.2 Å².